The van der Waals surface area contributed by atoms with Crippen LogP contribution in [0.25, 0.3) is 6.08 Å². The number of anilines is 1. The van der Waals surface area contributed by atoms with Crippen LogP contribution in [0, 0.1) is 0 Å². The third-order valence-corrected chi connectivity index (χ3v) is 6.71. The normalized spacial score (nSPS) is 17.3. The van der Waals surface area contributed by atoms with Crippen LogP contribution in [-0.2, 0) is 9.59 Å². The van der Waals surface area contributed by atoms with Crippen molar-refractivity contribution in [1.29, 1.82) is 0 Å². The van der Waals surface area contributed by atoms with Gasteiger partial charge >= 0.3 is 0 Å². The minimum atomic E-state index is -0.465. The van der Waals surface area contributed by atoms with Crippen molar-refractivity contribution in [2.45, 2.75) is 13.8 Å². The first kappa shape index (κ1) is 24.7. The van der Waals surface area contributed by atoms with Gasteiger partial charge in [-0.1, -0.05) is 18.2 Å². The summed E-state index contributed by atoms with van der Waals surface area (Å²) in [5, 5.41) is -0.443. The van der Waals surface area contributed by atoms with Crippen molar-refractivity contribution in [2.24, 2.45) is 0 Å². The van der Waals surface area contributed by atoms with E-state index in [1.165, 1.54) is 0 Å². The molecule has 2 aromatic carbocycles. The van der Waals surface area contributed by atoms with Crippen molar-refractivity contribution >= 4 is 40.6 Å². The lowest BCUT2D eigenvalue weighted by atomic mass is 10.1. The number of ether oxygens (including phenoxy) is 2. The van der Waals surface area contributed by atoms with Crippen molar-refractivity contribution < 1.29 is 23.9 Å². The van der Waals surface area contributed by atoms with Crippen LogP contribution >= 0.6 is 11.8 Å². The third-order valence-electron chi connectivity index (χ3n) is 5.80. The number of carbonyl (C=O) groups excluding carboxylic acids is 3. The second-order valence-electron chi connectivity index (χ2n) is 8.04. The summed E-state index contributed by atoms with van der Waals surface area (Å²) >= 11 is 0.837. The van der Waals surface area contributed by atoms with Gasteiger partial charge in [-0.3, -0.25) is 19.3 Å². The van der Waals surface area contributed by atoms with Gasteiger partial charge in [0.05, 0.1) is 18.1 Å². The topological polar surface area (TPSA) is 79.4 Å². The highest BCUT2D eigenvalue weighted by molar-refractivity contribution is 8.18. The monoisotopic (exact) mass is 495 g/mol. The van der Waals surface area contributed by atoms with Crippen molar-refractivity contribution in [3.63, 3.8) is 0 Å². The minimum absolute atomic E-state index is 0.225. The Morgan fingerprint density at radius 2 is 1.69 bits per heavy atom. The number of piperazine rings is 1. The maximum Gasteiger partial charge on any atom is 0.294 e. The van der Waals surface area contributed by atoms with Gasteiger partial charge in [-0.25, -0.2) is 0 Å². The Kier molecular flexibility index (Phi) is 7.97. The molecule has 2 aliphatic rings. The lowest BCUT2D eigenvalue weighted by Gasteiger charge is -2.36. The molecule has 0 spiro atoms. The van der Waals surface area contributed by atoms with Gasteiger partial charge in [-0.05, 0) is 56.0 Å². The highest BCUT2D eigenvalue weighted by Gasteiger charge is 2.37. The maximum atomic E-state index is 13.0. The summed E-state index contributed by atoms with van der Waals surface area (Å²) in [4.78, 5) is 43.7. The van der Waals surface area contributed by atoms with E-state index in [1.807, 2.05) is 44.2 Å². The van der Waals surface area contributed by atoms with E-state index in [0.717, 1.165) is 22.3 Å². The zero-order chi connectivity index (χ0) is 24.8. The first-order valence-electron chi connectivity index (χ1n) is 11.7. The fraction of sp³-hybridized carbons (Fsp3) is 0.346. The first-order valence-corrected chi connectivity index (χ1v) is 12.5. The number of benzene rings is 2. The largest absolute Gasteiger partial charge is 0.494 e. The highest BCUT2D eigenvalue weighted by atomic mass is 32.2. The molecule has 8 nitrogen and oxygen atoms in total. The molecule has 2 saturated heterocycles. The number of nitrogens with zero attached hydrogens (tertiary/aromatic N) is 3. The zero-order valence-corrected chi connectivity index (χ0v) is 20.8. The second kappa shape index (κ2) is 11.3. The maximum absolute atomic E-state index is 13.0. The first-order chi connectivity index (χ1) is 17.0. The Labute approximate surface area is 209 Å². The molecule has 0 saturated carbocycles. The summed E-state index contributed by atoms with van der Waals surface area (Å²) in [6.07, 6.45) is 1.63. The average molecular weight is 496 g/mol. The average Bonchev–Trinajstić information content (AvgIpc) is 3.14. The van der Waals surface area contributed by atoms with Crippen molar-refractivity contribution in [1.82, 2.24) is 9.80 Å². The van der Waals surface area contributed by atoms with Crippen LogP contribution in [0.2, 0.25) is 0 Å². The highest BCUT2D eigenvalue weighted by Crippen LogP contribution is 2.35. The van der Waals surface area contributed by atoms with Gasteiger partial charge in [0.1, 0.15) is 18.0 Å². The Morgan fingerprint density at radius 1 is 0.971 bits per heavy atom. The van der Waals surface area contributed by atoms with Crippen LogP contribution < -0.4 is 14.4 Å². The predicted octanol–water partition coefficient (Wildman–Crippen LogP) is 3.87. The molecule has 0 unspecified atom stereocenters. The Bertz CT molecular complexity index is 1110. The van der Waals surface area contributed by atoms with E-state index in [0.29, 0.717) is 56.5 Å². The molecular formula is C26H29N3O5S. The molecule has 0 aliphatic carbocycles. The van der Waals surface area contributed by atoms with Crippen LogP contribution in [0.3, 0.4) is 0 Å². The van der Waals surface area contributed by atoms with E-state index in [2.05, 4.69) is 4.90 Å². The fourth-order valence-electron chi connectivity index (χ4n) is 4.04. The standard InChI is InChI=1S/C26H29N3O5S/c1-3-33-21-11-10-19(22(17-21)34-4-2)16-23-25(31)29(26(32)35-23)18-24(30)28-14-12-27(13-15-28)20-8-6-5-7-9-20/h5-11,16-17H,3-4,12-15,18H2,1-2H3. The van der Waals surface area contributed by atoms with Gasteiger partial charge in [0.15, 0.2) is 0 Å². The summed E-state index contributed by atoms with van der Waals surface area (Å²) in [6.45, 7) is 6.99. The van der Waals surface area contributed by atoms with E-state index in [-0.39, 0.29) is 17.4 Å². The number of amides is 3. The van der Waals surface area contributed by atoms with Gasteiger partial charge in [0, 0.05) is 43.5 Å². The molecule has 0 radical (unpaired) electrons. The van der Waals surface area contributed by atoms with E-state index in [1.54, 1.807) is 29.2 Å². The van der Waals surface area contributed by atoms with E-state index < -0.39 is 11.1 Å². The Balaban J connectivity index is 1.40. The lowest BCUT2D eigenvalue weighted by molar-refractivity contribution is -0.136. The summed E-state index contributed by atoms with van der Waals surface area (Å²) in [7, 11) is 0. The number of imide groups is 1. The number of hydrogen-bond acceptors (Lipinski definition) is 7. The smallest absolute Gasteiger partial charge is 0.294 e. The molecule has 0 bridgehead atoms. The summed E-state index contributed by atoms with van der Waals surface area (Å²) in [6, 6.07) is 15.4. The van der Waals surface area contributed by atoms with E-state index >= 15 is 0 Å². The number of thioether (sulfide) groups is 1. The van der Waals surface area contributed by atoms with E-state index in [9.17, 15) is 14.4 Å². The molecule has 9 heteroatoms. The molecule has 0 atom stereocenters. The molecule has 2 aliphatic heterocycles. The van der Waals surface area contributed by atoms with Gasteiger partial charge < -0.3 is 19.3 Å². The van der Waals surface area contributed by atoms with Gasteiger partial charge in [0.2, 0.25) is 5.91 Å². The Morgan fingerprint density at radius 3 is 2.37 bits per heavy atom. The molecule has 0 N–H and O–H groups in total. The van der Waals surface area contributed by atoms with Crippen molar-refractivity contribution in [3.8, 4) is 11.5 Å². The summed E-state index contributed by atoms with van der Waals surface area (Å²) < 4.78 is 11.2. The van der Waals surface area contributed by atoms with Gasteiger partial charge in [0.25, 0.3) is 11.1 Å². The van der Waals surface area contributed by atoms with Crippen molar-refractivity contribution in [2.75, 3.05) is 50.8 Å². The molecular weight excluding hydrogens is 466 g/mol. The van der Waals surface area contributed by atoms with Crippen LogP contribution in [0.5, 0.6) is 11.5 Å². The zero-order valence-electron chi connectivity index (χ0n) is 19.9. The van der Waals surface area contributed by atoms with Crippen LogP contribution in [-0.4, -0.2) is 72.8 Å². The fourth-order valence-corrected chi connectivity index (χ4v) is 4.87. The number of rotatable bonds is 8. The number of hydrogen-bond donors (Lipinski definition) is 0. The Hall–Kier alpha value is -3.46. The van der Waals surface area contributed by atoms with Crippen molar-refractivity contribution in [3.05, 3.63) is 59.0 Å². The number of para-hydroxylation sites is 1. The lowest BCUT2D eigenvalue weighted by Crippen LogP contribution is -2.51. The number of carbonyl (C=O) groups is 3. The molecule has 2 fully saturated rings. The van der Waals surface area contributed by atoms with Crippen LogP contribution in [0.15, 0.2) is 53.4 Å². The van der Waals surface area contributed by atoms with Crippen LogP contribution in [0.4, 0.5) is 10.5 Å². The molecule has 2 heterocycles. The molecule has 184 valence electrons. The van der Waals surface area contributed by atoms with Gasteiger partial charge in [-0.15, -0.1) is 0 Å². The SMILES string of the molecule is CCOc1ccc(C=C2SC(=O)N(CC(=O)N3CCN(c4ccccc4)CC3)C2=O)c(OCC)c1. The minimum Gasteiger partial charge on any atom is -0.494 e. The molecule has 4 rings (SSSR count). The quantitative estimate of drug-likeness (QED) is 0.515. The predicted molar refractivity (Wildman–Crippen MR) is 137 cm³/mol. The molecule has 2 aromatic rings. The van der Waals surface area contributed by atoms with E-state index in [4.69, 9.17) is 9.47 Å². The van der Waals surface area contributed by atoms with Crippen LogP contribution in [0.1, 0.15) is 19.4 Å². The summed E-state index contributed by atoms with van der Waals surface area (Å²) in [5.74, 6) is 0.543. The molecule has 3 amide bonds. The molecule has 35 heavy (non-hydrogen) atoms. The third kappa shape index (κ3) is 5.79. The van der Waals surface area contributed by atoms with Gasteiger partial charge in [-0.2, -0.15) is 0 Å². The molecule has 0 aromatic heterocycles. The second-order valence-corrected chi connectivity index (χ2v) is 9.03. The summed E-state index contributed by atoms with van der Waals surface area (Å²) in [5.41, 5.74) is 1.79.